The molecular formula is C26H27BrN2O2. The molecule has 4 rings (SSSR count). The van der Waals surface area contributed by atoms with Gasteiger partial charge in [-0.3, -0.25) is 9.69 Å². The van der Waals surface area contributed by atoms with E-state index in [1.54, 1.807) is 0 Å². The van der Waals surface area contributed by atoms with Crippen molar-refractivity contribution in [3.8, 4) is 5.75 Å². The van der Waals surface area contributed by atoms with Gasteiger partial charge in [0.15, 0.2) is 6.61 Å². The highest BCUT2D eigenvalue weighted by molar-refractivity contribution is 9.10. The van der Waals surface area contributed by atoms with Crippen molar-refractivity contribution in [2.75, 3.05) is 26.2 Å². The molecule has 160 valence electrons. The number of benzene rings is 3. The van der Waals surface area contributed by atoms with Gasteiger partial charge in [-0.2, -0.15) is 0 Å². The summed E-state index contributed by atoms with van der Waals surface area (Å²) in [7, 11) is 0. The summed E-state index contributed by atoms with van der Waals surface area (Å²) in [5, 5.41) is 0. The second-order valence-corrected chi connectivity index (χ2v) is 8.72. The molecule has 0 saturated carbocycles. The zero-order chi connectivity index (χ0) is 21.5. The van der Waals surface area contributed by atoms with Crippen LogP contribution in [0.4, 0.5) is 0 Å². The van der Waals surface area contributed by atoms with Crippen LogP contribution >= 0.6 is 15.9 Å². The largest absolute Gasteiger partial charge is 0.483 e. The van der Waals surface area contributed by atoms with E-state index in [9.17, 15) is 4.79 Å². The molecule has 0 aromatic heterocycles. The SMILES string of the molecule is O=C(COc1ccccc1Br)N1CCN(Cc2ccccc2)CC1Cc1ccccc1. The van der Waals surface area contributed by atoms with Gasteiger partial charge in [-0.1, -0.05) is 72.8 Å². The smallest absolute Gasteiger partial charge is 0.260 e. The average molecular weight is 479 g/mol. The van der Waals surface area contributed by atoms with Crippen molar-refractivity contribution in [1.82, 2.24) is 9.80 Å². The van der Waals surface area contributed by atoms with Gasteiger partial charge in [-0.05, 0) is 45.6 Å². The monoisotopic (exact) mass is 478 g/mol. The first-order valence-electron chi connectivity index (χ1n) is 10.7. The summed E-state index contributed by atoms with van der Waals surface area (Å²) in [5.74, 6) is 0.731. The summed E-state index contributed by atoms with van der Waals surface area (Å²) < 4.78 is 6.68. The number of ether oxygens (including phenoxy) is 1. The number of piperazine rings is 1. The van der Waals surface area contributed by atoms with Crippen LogP contribution in [0.3, 0.4) is 0 Å². The molecule has 1 aliphatic heterocycles. The molecule has 0 N–H and O–H groups in total. The number of nitrogens with zero attached hydrogens (tertiary/aromatic N) is 2. The third-order valence-electron chi connectivity index (χ3n) is 5.64. The Bertz CT molecular complexity index is 981. The Morgan fingerprint density at radius 1 is 0.871 bits per heavy atom. The Balaban J connectivity index is 1.44. The van der Waals surface area contributed by atoms with Gasteiger partial charge in [0.2, 0.25) is 0 Å². The maximum Gasteiger partial charge on any atom is 0.260 e. The van der Waals surface area contributed by atoms with Crippen molar-refractivity contribution in [1.29, 1.82) is 0 Å². The van der Waals surface area contributed by atoms with E-state index in [1.165, 1.54) is 11.1 Å². The first-order chi connectivity index (χ1) is 15.2. The molecule has 0 spiro atoms. The molecule has 0 radical (unpaired) electrons. The van der Waals surface area contributed by atoms with E-state index >= 15 is 0 Å². The van der Waals surface area contributed by atoms with Crippen LogP contribution in [-0.4, -0.2) is 48.0 Å². The first kappa shape index (κ1) is 21.6. The zero-order valence-electron chi connectivity index (χ0n) is 17.5. The minimum Gasteiger partial charge on any atom is -0.483 e. The van der Waals surface area contributed by atoms with Crippen molar-refractivity contribution in [2.45, 2.75) is 19.0 Å². The van der Waals surface area contributed by atoms with E-state index in [4.69, 9.17) is 4.74 Å². The third-order valence-corrected chi connectivity index (χ3v) is 6.29. The standard InChI is InChI=1S/C26H27BrN2O2/c27-24-13-7-8-14-25(24)31-20-26(30)29-16-15-28(18-22-11-5-2-6-12-22)19-23(29)17-21-9-3-1-4-10-21/h1-14,23H,15-20H2. The summed E-state index contributed by atoms with van der Waals surface area (Å²) >= 11 is 3.48. The number of hydrogen-bond acceptors (Lipinski definition) is 3. The van der Waals surface area contributed by atoms with E-state index < -0.39 is 0 Å². The van der Waals surface area contributed by atoms with Crippen molar-refractivity contribution in [3.63, 3.8) is 0 Å². The summed E-state index contributed by atoms with van der Waals surface area (Å²) in [6, 6.07) is 28.7. The molecule has 3 aromatic rings. The van der Waals surface area contributed by atoms with Crippen LogP contribution in [0.5, 0.6) is 5.75 Å². The lowest BCUT2D eigenvalue weighted by atomic mass is 10.0. The van der Waals surface area contributed by atoms with Crippen LogP contribution in [0.1, 0.15) is 11.1 Å². The van der Waals surface area contributed by atoms with Crippen molar-refractivity contribution < 1.29 is 9.53 Å². The lowest BCUT2D eigenvalue weighted by Gasteiger charge is -2.41. The highest BCUT2D eigenvalue weighted by Gasteiger charge is 2.30. The fourth-order valence-electron chi connectivity index (χ4n) is 4.08. The van der Waals surface area contributed by atoms with Crippen LogP contribution in [0.2, 0.25) is 0 Å². The number of amides is 1. The highest BCUT2D eigenvalue weighted by atomic mass is 79.9. The summed E-state index contributed by atoms with van der Waals surface area (Å²) in [4.78, 5) is 17.6. The van der Waals surface area contributed by atoms with Crippen molar-refractivity contribution in [3.05, 3.63) is 101 Å². The number of hydrogen-bond donors (Lipinski definition) is 0. The Kier molecular flexibility index (Phi) is 7.39. The molecule has 1 heterocycles. The molecule has 1 fully saturated rings. The van der Waals surface area contributed by atoms with E-state index in [2.05, 4.69) is 69.4 Å². The molecule has 4 nitrogen and oxygen atoms in total. The van der Waals surface area contributed by atoms with Crippen LogP contribution < -0.4 is 4.74 Å². The van der Waals surface area contributed by atoms with Gasteiger partial charge in [0.1, 0.15) is 5.75 Å². The summed E-state index contributed by atoms with van der Waals surface area (Å²) in [6.07, 6.45) is 0.840. The van der Waals surface area contributed by atoms with E-state index in [0.29, 0.717) is 12.3 Å². The normalized spacial score (nSPS) is 16.8. The molecule has 5 heteroatoms. The Hall–Kier alpha value is -2.63. The van der Waals surface area contributed by atoms with E-state index in [-0.39, 0.29) is 18.6 Å². The molecule has 1 amide bonds. The molecule has 3 aromatic carbocycles. The fourth-order valence-corrected chi connectivity index (χ4v) is 4.48. The van der Waals surface area contributed by atoms with Gasteiger partial charge in [0, 0.05) is 32.2 Å². The number of carbonyl (C=O) groups is 1. The highest BCUT2D eigenvalue weighted by Crippen LogP contribution is 2.24. The summed E-state index contributed by atoms with van der Waals surface area (Å²) in [6.45, 7) is 3.38. The number of carbonyl (C=O) groups excluding carboxylic acids is 1. The van der Waals surface area contributed by atoms with Crippen LogP contribution in [0.15, 0.2) is 89.4 Å². The van der Waals surface area contributed by atoms with Gasteiger partial charge in [-0.25, -0.2) is 0 Å². The number of halogens is 1. The van der Waals surface area contributed by atoms with Crippen LogP contribution in [-0.2, 0) is 17.8 Å². The van der Waals surface area contributed by atoms with Gasteiger partial charge < -0.3 is 9.64 Å². The molecule has 1 saturated heterocycles. The minimum atomic E-state index is 0.0380. The summed E-state index contributed by atoms with van der Waals surface area (Å²) in [5.41, 5.74) is 2.55. The number of para-hydroxylation sites is 1. The Morgan fingerprint density at radius 3 is 2.23 bits per heavy atom. The zero-order valence-corrected chi connectivity index (χ0v) is 19.1. The fraction of sp³-hybridized carbons (Fsp3) is 0.269. The second kappa shape index (κ2) is 10.6. The van der Waals surface area contributed by atoms with E-state index in [0.717, 1.165) is 30.5 Å². The average Bonchev–Trinajstić information content (AvgIpc) is 2.80. The molecule has 1 atom stereocenters. The quantitative estimate of drug-likeness (QED) is 0.489. The topological polar surface area (TPSA) is 32.8 Å². The third kappa shape index (κ3) is 5.96. The maximum atomic E-state index is 13.1. The van der Waals surface area contributed by atoms with Gasteiger partial charge in [-0.15, -0.1) is 0 Å². The molecule has 0 bridgehead atoms. The lowest BCUT2D eigenvalue weighted by Crippen LogP contribution is -2.56. The Morgan fingerprint density at radius 2 is 1.52 bits per heavy atom. The van der Waals surface area contributed by atoms with Gasteiger partial charge in [0.05, 0.1) is 4.47 Å². The van der Waals surface area contributed by atoms with Crippen molar-refractivity contribution in [2.24, 2.45) is 0 Å². The van der Waals surface area contributed by atoms with Gasteiger partial charge >= 0.3 is 0 Å². The first-order valence-corrected chi connectivity index (χ1v) is 11.5. The van der Waals surface area contributed by atoms with Crippen LogP contribution in [0.25, 0.3) is 0 Å². The minimum absolute atomic E-state index is 0.0380. The predicted molar refractivity (Wildman–Crippen MR) is 127 cm³/mol. The maximum absolute atomic E-state index is 13.1. The molecule has 1 unspecified atom stereocenters. The molecular weight excluding hydrogens is 452 g/mol. The van der Waals surface area contributed by atoms with E-state index in [1.807, 2.05) is 41.3 Å². The van der Waals surface area contributed by atoms with Gasteiger partial charge in [0.25, 0.3) is 5.91 Å². The molecule has 1 aliphatic rings. The molecule has 0 aliphatic carbocycles. The predicted octanol–water partition coefficient (Wildman–Crippen LogP) is 4.78. The molecule has 31 heavy (non-hydrogen) atoms. The Labute approximate surface area is 192 Å². The van der Waals surface area contributed by atoms with Crippen molar-refractivity contribution >= 4 is 21.8 Å². The lowest BCUT2D eigenvalue weighted by molar-refractivity contribution is -0.138. The van der Waals surface area contributed by atoms with Crippen LogP contribution in [0, 0.1) is 0 Å². The second-order valence-electron chi connectivity index (χ2n) is 7.87. The number of rotatable bonds is 7.